The molecule has 3 rings (SSSR count). The van der Waals surface area contributed by atoms with Gasteiger partial charge in [0.15, 0.2) is 0 Å². The summed E-state index contributed by atoms with van der Waals surface area (Å²) in [5.41, 5.74) is 2.56. The lowest BCUT2D eigenvalue weighted by molar-refractivity contribution is 0.706. The van der Waals surface area contributed by atoms with Crippen molar-refractivity contribution < 1.29 is 0 Å². The number of H-pyrrole nitrogens is 1. The molecule has 0 fully saturated rings. The predicted octanol–water partition coefficient (Wildman–Crippen LogP) is 1.93. The Morgan fingerprint density at radius 3 is 1.33 bits per heavy atom. The lowest BCUT2D eigenvalue weighted by Gasteiger charge is -2.10. The minimum absolute atomic E-state index is 0.454. The number of aryl methyl sites for hydroxylation is 2. The van der Waals surface area contributed by atoms with Crippen LogP contribution in [0.2, 0.25) is 0 Å². The van der Waals surface area contributed by atoms with E-state index in [4.69, 9.17) is 0 Å². The third kappa shape index (κ3) is 2.33. The van der Waals surface area contributed by atoms with Crippen LogP contribution in [-0.4, -0.2) is 14.3 Å². The summed E-state index contributed by atoms with van der Waals surface area (Å²) >= 11 is 0. The second kappa shape index (κ2) is 4.94. The number of benzene rings is 2. The van der Waals surface area contributed by atoms with Gasteiger partial charge in [-0.25, -0.2) is 9.59 Å². The van der Waals surface area contributed by atoms with Gasteiger partial charge in [-0.1, -0.05) is 35.4 Å². The van der Waals surface area contributed by atoms with Crippen molar-refractivity contribution in [1.29, 1.82) is 0 Å². The van der Waals surface area contributed by atoms with E-state index in [9.17, 15) is 9.59 Å². The number of nitrogens with zero attached hydrogens (tertiary/aromatic N) is 2. The molecule has 0 aliphatic heterocycles. The number of aromatic nitrogens is 3. The average molecular weight is 281 g/mol. The molecule has 5 heteroatoms. The van der Waals surface area contributed by atoms with Crippen molar-refractivity contribution in [1.82, 2.24) is 14.3 Å². The van der Waals surface area contributed by atoms with E-state index in [0.29, 0.717) is 11.4 Å². The highest BCUT2D eigenvalue weighted by molar-refractivity contribution is 5.37. The normalized spacial score (nSPS) is 10.8. The van der Waals surface area contributed by atoms with Crippen LogP contribution in [0.25, 0.3) is 11.4 Å². The van der Waals surface area contributed by atoms with Gasteiger partial charge in [0.1, 0.15) is 0 Å². The predicted molar refractivity (Wildman–Crippen MR) is 81.5 cm³/mol. The fraction of sp³-hybridized carbons (Fsp3) is 0.125. The Hall–Kier alpha value is -2.82. The summed E-state index contributed by atoms with van der Waals surface area (Å²) in [7, 11) is 0. The Morgan fingerprint density at radius 1 is 0.667 bits per heavy atom. The minimum Gasteiger partial charge on any atom is -0.256 e. The van der Waals surface area contributed by atoms with Crippen LogP contribution in [0.1, 0.15) is 11.1 Å². The number of hydrogen-bond acceptors (Lipinski definition) is 2. The molecule has 1 heterocycles. The van der Waals surface area contributed by atoms with E-state index in [-0.39, 0.29) is 0 Å². The van der Waals surface area contributed by atoms with Crippen LogP contribution in [0.5, 0.6) is 0 Å². The topological polar surface area (TPSA) is 59.8 Å². The molecule has 0 radical (unpaired) electrons. The molecule has 21 heavy (non-hydrogen) atoms. The number of aromatic amines is 1. The molecule has 1 aromatic heterocycles. The Labute approximate surface area is 121 Å². The number of nitrogens with one attached hydrogen (secondary N) is 1. The SMILES string of the molecule is Cc1ccc(-n2c(=O)[nH]c(=O)n2-c2ccc(C)cc2)cc1. The fourth-order valence-electron chi connectivity index (χ4n) is 2.22. The Balaban J connectivity index is 2.26. The van der Waals surface area contributed by atoms with E-state index < -0.39 is 11.4 Å². The zero-order valence-electron chi connectivity index (χ0n) is 11.8. The van der Waals surface area contributed by atoms with Gasteiger partial charge in [0.2, 0.25) is 0 Å². The van der Waals surface area contributed by atoms with Crippen molar-refractivity contribution in [2.24, 2.45) is 0 Å². The molecule has 5 nitrogen and oxygen atoms in total. The van der Waals surface area contributed by atoms with Crippen LogP contribution < -0.4 is 11.4 Å². The molecule has 0 bridgehead atoms. The van der Waals surface area contributed by atoms with Gasteiger partial charge in [-0.15, -0.1) is 0 Å². The quantitative estimate of drug-likeness (QED) is 0.780. The largest absolute Gasteiger partial charge is 0.349 e. The smallest absolute Gasteiger partial charge is 0.256 e. The highest BCUT2D eigenvalue weighted by Crippen LogP contribution is 2.11. The van der Waals surface area contributed by atoms with Crippen LogP contribution in [0.3, 0.4) is 0 Å². The Morgan fingerprint density at radius 2 is 1.00 bits per heavy atom. The molecule has 0 atom stereocenters. The van der Waals surface area contributed by atoms with Gasteiger partial charge in [-0.05, 0) is 38.1 Å². The maximum atomic E-state index is 12.1. The van der Waals surface area contributed by atoms with Crippen LogP contribution in [0, 0.1) is 13.8 Å². The molecule has 0 aliphatic carbocycles. The van der Waals surface area contributed by atoms with Gasteiger partial charge in [-0.3, -0.25) is 4.98 Å². The van der Waals surface area contributed by atoms with Crippen LogP contribution >= 0.6 is 0 Å². The van der Waals surface area contributed by atoms with E-state index >= 15 is 0 Å². The van der Waals surface area contributed by atoms with Gasteiger partial charge in [0.25, 0.3) is 0 Å². The number of rotatable bonds is 2. The molecule has 0 saturated carbocycles. The minimum atomic E-state index is -0.454. The average Bonchev–Trinajstić information content (AvgIpc) is 2.75. The summed E-state index contributed by atoms with van der Waals surface area (Å²) in [4.78, 5) is 26.5. The Kier molecular flexibility index (Phi) is 3.10. The van der Waals surface area contributed by atoms with Crippen LogP contribution in [0.15, 0.2) is 58.1 Å². The van der Waals surface area contributed by atoms with E-state index in [1.54, 1.807) is 0 Å². The first-order valence-corrected chi connectivity index (χ1v) is 6.65. The third-order valence-electron chi connectivity index (χ3n) is 3.36. The molecule has 0 unspecified atom stereocenters. The number of hydrogen-bond donors (Lipinski definition) is 1. The first-order chi connectivity index (χ1) is 10.1. The van der Waals surface area contributed by atoms with Crippen LogP contribution in [0.4, 0.5) is 0 Å². The molecular formula is C16H15N3O2. The molecule has 3 aromatic rings. The van der Waals surface area contributed by atoms with Crippen molar-refractivity contribution in [3.05, 3.63) is 80.6 Å². The van der Waals surface area contributed by atoms with Crippen molar-refractivity contribution >= 4 is 0 Å². The Bertz CT molecular complexity index is 807. The van der Waals surface area contributed by atoms with E-state index in [1.807, 2.05) is 62.4 Å². The zero-order chi connectivity index (χ0) is 15.0. The lowest BCUT2D eigenvalue weighted by Crippen LogP contribution is -2.23. The van der Waals surface area contributed by atoms with Crippen LogP contribution in [-0.2, 0) is 0 Å². The first kappa shape index (κ1) is 13.2. The molecule has 2 aromatic carbocycles. The maximum absolute atomic E-state index is 12.1. The van der Waals surface area contributed by atoms with Crippen molar-refractivity contribution in [3.8, 4) is 11.4 Å². The van der Waals surface area contributed by atoms with Crippen molar-refractivity contribution in [2.45, 2.75) is 13.8 Å². The first-order valence-electron chi connectivity index (χ1n) is 6.65. The standard InChI is InChI=1S/C16H15N3O2/c1-11-3-7-13(8-4-11)18-15(20)17-16(21)19(18)14-9-5-12(2)6-10-14/h3-10H,1-2H3,(H,17,20,21). The van der Waals surface area contributed by atoms with E-state index in [1.165, 1.54) is 9.36 Å². The summed E-state index contributed by atoms with van der Waals surface area (Å²) in [5, 5.41) is 0. The molecule has 106 valence electrons. The fourth-order valence-corrected chi connectivity index (χ4v) is 2.22. The summed E-state index contributed by atoms with van der Waals surface area (Å²) in [5.74, 6) is 0. The van der Waals surface area contributed by atoms with Gasteiger partial charge in [0, 0.05) is 0 Å². The summed E-state index contributed by atoms with van der Waals surface area (Å²) in [6.45, 7) is 3.94. The molecule has 0 amide bonds. The lowest BCUT2D eigenvalue weighted by atomic mass is 10.2. The van der Waals surface area contributed by atoms with Gasteiger partial charge in [0.05, 0.1) is 11.4 Å². The molecule has 0 saturated heterocycles. The zero-order valence-corrected chi connectivity index (χ0v) is 11.8. The molecule has 0 aliphatic rings. The molecular weight excluding hydrogens is 266 g/mol. The van der Waals surface area contributed by atoms with Crippen molar-refractivity contribution in [2.75, 3.05) is 0 Å². The molecule has 0 spiro atoms. The highest BCUT2D eigenvalue weighted by Gasteiger charge is 2.12. The second-order valence-corrected chi connectivity index (χ2v) is 5.03. The summed E-state index contributed by atoms with van der Waals surface area (Å²) in [6.07, 6.45) is 0. The van der Waals surface area contributed by atoms with Gasteiger partial charge >= 0.3 is 11.4 Å². The third-order valence-corrected chi connectivity index (χ3v) is 3.36. The maximum Gasteiger partial charge on any atom is 0.349 e. The summed E-state index contributed by atoms with van der Waals surface area (Å²) in [6, 6.07) is 14.9. The van der Waals surface area contributed by atoms with Gasteiger partial charge in [-0.2, -0.15) is 9.36 Å². The van der Waals surface area contributed by atoms with Crippen molar-refractivity contribution in [3.63, 3.8) is 0 Å². The highest BCUT2D eigenvalue weighted by atomic mass is 16.2. The summed E-state index contributed by atoms with van der Waals surface area (Å²) < 4.78 is 2.68. The monoisotopic (exact) mass is 281 g/mol. The van der Waals surface area contributed by atoms with E-state index in [2.05, 4.69) is 4.98 Å². The molecule has 1 N–H and O–H groups in total. The van der Waals surface area contributed by atoms with E-state index in [0.717, 1.165) is 11.1 Å². The van der Waals surface area contributed by atoms with Gasteiger partial charge < -0.3 is 0 Å². The second-order valence-electron chi connectivity index (χ2n) is 5.03.